The highest BCUT2D eigenvalue weighted by molar-refractivity contribution is 9.10. The fraction of sp³-hybridized carbons (Fsp3) is 0.118. The summed E-state index contributed by atoms with van der Waals surface area (Å²) in [5, 5.41) is 4.79. The molecule has 0 bridgehead atoms. The van der Waals surface area contributed by atoms with Crippen LogP contribution in [0.25, 0.3) is 0 Å². The first kappa shape index (κ1) is 19.9. The third-order valence-corrected chi connectivity index (χ3v) is 3.91. The number of anilines is 1. The lowest BCUT2D eigenvalue weighted by atomic mass is 10.2. The maximum absolute atomic E-state index is 12.9. The van der Waals surface area contributed by atoms with E-state index in [4.69, 9.17) is 16.3 Å². The van der Waals surface area contributed by atoms with Crippen molar-refractivity contribution in [3.63, 3.8) is 0 Å². The molecule has 0 aromatic heterocycles. The molecule has 2 amide bonds. The second kappa shape index (κ2) is 9.30. The number of carbonyl (C=O) groups excluding carboxylic acids is 3. The summed E-state index contributed by atoms with van der Waals surface area (Å²) in [7, 11) is 0. The minimum atomic E-state index is -0.782. The summed E-state index contributed by atoms with van der Waals surface area (Å²) in [4.78, 5) is 35.2. The molecule has 0 unspecified atom stereocenters. The molecule has 2 N–H and O–H groups in total. The summed E-state index contributed by atoms with van der Waals surface area (Å²) in [5.74, 6) is -2.42. The summed E-state index contributed by atoms with van der Waals surface area (Å²) in [5.41, 5.74) is 0.572. The fourth-order valence-corrected chi connectivity index (χ4v) is 2.31. The van der Waals surface area contributed by atoms with Crippen LogP contribution in [0.3, 0.4) is 0 Å². The lowest BCUT2D eigenvalue weighted by molar-refractivity contribution is -0.146. The number of amides is 2. The number of hydrogen-bond acceptors (Lipinski definition) is 4. The van der Waals surface area contributed by atoms with Gasteiger partial charge in [-0.2, -0.15) is 0 Å². The first-order valence-electron chi connectivity index (χ1n) is 7.29. The standard InChI is InChI=1S/C17H13BrClFN2O4/c18-11-3-1-10(2-4-11)17(25)21-8-16(24)26-9-15(23)22-14-6-5-12(20)7-13(14)19/h1-7H,8-9H2,(H,21,25)(H,22,23). The third-order valence-electron chi connectivity index (χ3n) is 3.07. The van der Waals surface area contributed by atoms with Gasteiger partial charge in [0, 0.05) is 10.0 Å². The second-order valence-corrected chi connectivity index (χ2v) is 6.35. The van der Waals surface area contributed by atoms with Crippen molar-refractivity contribution in [3.8, 4) is 0 Å². The largest absolute Gasteiger partial charge is 0.454 e. The van der Waals surface area contributed by atoms with Crippen molar-refractivity contribution in [2.75, 3.05) is 18.5 Å². The molecule has 0 aliphatic carbocycles. The molecule has 0 fully saturated rings. The highest BCUT2D eigenvalue weighted by Crippen LogP contribution is 2.22. The minimum Gasteiger partial charge on any atom is -0.454 e. The average Bonchev–Trinajstić information content (AvgIpc) is 2.61. The van der Waals surface area contributed by atoms with Crippen molar-refractivity contribution in [2.24, 2.45) is 0 Å². The molecule has 0 aliphatic rings. The van der Waals surface area contributed by atoms with Crippen LogP contribution in [0.5, 0.6) is 0 Å². The van der Waals surface area contributed by atoms with Crippen LogP contribution < -0.4 is 10.6 Å². The van der Waals surface area contributed by atoms with Gasteiger partial charge in [0.25, 0.3) is 11.8 Å². The molecular weight excluding hydrogens is 431 g/mol. The monoisotopic (exact) mass is 442 g/mol. The number of rotatable bonds is 6. The van der Waals surface area contributed by atoms with Gasteiger partial charge in [-0.25, -0.2) is 4.39 Å². The molecule has 0 atom stereocenters. The van der Waals surface area contributed by atoms with E-state index in [2.05, 4.69) is 26.6 Å². The summed E-state index contributed by atoms with van der Waals surface area (Å²) in [6.45, 7) is -0.958. The third kappa shape index (κ3) is 6.12. The zero-order chi connectivity index (χ0) is 19.1. The average molecular weight is 444 g/mol. The van der Waals surface area contributed by atoms with Crippen LogP contribution in [0.15, 0.2) is 46.9 Å². The van der Waals surface area contributed by atoms with Crippen molar-refractivity contribution in [2.45, 2.75) is 0 Å². The SMILES string of the molecule is O=C(COC(=O)CNC(=O)c1ccc(Br)cc1)Nc1ccc(F)cc1Cl. The highest BCUT2D eigenvalue weighted by Gasteiger charge is 2.12. The van der Waals surface area contributed by atoms with E-state index in [-0.39, 0.29) is 17.3 Å². The van der Waals surface area contributed by atoms with Gasteiger partial charge >= 0.3 is 5.97 Å². The summed E-state index contributed by atoms with van der Waals surface area (Å²) >= 11 is 9.03. The Morgan fingerprint density at radius 1 is 1.12 bits per heavy atom. The van der Waals surface area contributed by atoms with Gasteiger partial charge < -0.3 is 15.4 Å². The maximum atomic E-state index is 12.9. The van der Waals surface area contributed by atoms with Gasteiger partial charge in [-0.3, -0.25) is 14.4 Å². The molecule has 9 heteroatoms. The van der Waals surface area contributed by atoms with E-state index >= 15 is 0 Å². The Bertz CT molecular complexity index is 830. The normalized spacial score (nSPS) is 10.1. The number of esters is 1. The number of carbonyl (C=O) groups is 3. The van der Waals surface area contributed by atoms with Gasteiger partial charge in [-0.15, -0.1) is 0 Å². The summed E-state index contributed by atoms with van der Waals surface area (Å²) in [6.07, 6.45) is 0. The van der Waals surface area contributed by atoms with Crippen molar-refractivity contribution in [1.82, 2.24) is 5.32 Å². The van der Waals surface area contributed by atoms with Crippen LogP contribution in [-0.4, -0.2) is 30.9 Å². The molecule has 0 heterocycles. The first-order valence-corrected chi connectivity index (χ1v) is 8.46. The van der Waals surface area contributed by atoms with Gasteiger partial charge in [0.05, 0.1) is 10.7 Å². The summed E-state index contributed by atoms with van der Waals surface area (Å²) < 4.78 is 18.5. The number of nitrogens with one attached hydrogen (secondary N) is 2. The molecule has 6 nitrogen and oxygen atoms in total. The van der Waals surface area contributed by atoms with Crippen LogP contribution in [0.1, 0.15) is 10.4 Å². The summed E-state index contributed by atoms with van der Waals surface area (Å²) in [6, 6.07) is 10.0. The van der Waals surface area contributed by atoms with E-state index in [1.54, 1.807) is 24.3 Å². The van der Waals surface area contributed by atoms with Gasteiger partial charge in [-0.05, 0) is 42.5 Å². The Labute approximate surface area is 161 Å². The highest BCUT2D eigenvalue weighted by atomic mass is 79.9. The minimum absolute atomic E-state index is 0.0198. The molecule has 0 saturated carbocycles. The number of benzene rings is 2. The van der Waals surface area contributed by atoms with Crippen LogP contribution in [0.2, 0.25) is 5.02 Å². The molecular formula is C17H13BrClFN2O4. The topological polar surface area (TPSA) is 84.5 Å². The molecule has 0 aliphatic heterocycles. The van der Waals surface area contributed by atoms with E-state index in [1.165, 1.54) is 6.07 Å². The van der Waals surface area contributed by atoms with Gasteiger partial charge in [-0.1, -0.05) is 27.5 Å². The molecule has 2 aromatic carbocycles. The number of halogens is 3. The van der Waals surface area contributed by atoms with Crippen LogP contribution in [-0.2, 0) is 14.3 Å². The van der Waals surface area contributed by atoms with E-state index in [0.29, 0.717) is 5.56 Å². The van der Waals surface area contributed by atoms with Crippen LogP contribution >= 0.6 is 27.5 Å². The second-order valence-electron chi connectivity index (χ2n) is 5.02. The Hall–Kier alpha value is -2.45. The van der Waals surface area contributed by atoms with Crippen molar-refractivity contribution >= 4 is 51.0 Å². The molecule has 26 heavy (non-hydrogen) atoms. The van der Waals surface area contributed by atoms with E-state index in [1.807, 2.05) is 0 Å². The molecule has 2 rings (SSSR count). The Morgan fingerprint density at radius 2 is 1.81 bits per heavy atom. The van der Waals surface area contributed by atoms with E-state index in [0.717, 1.165) is 16.6 Å². The van der Waals surface area contributed by atoms with Crippen LogP contribution in [0, 0.1) is 5.82 Å². The molecule has 0 saturated heterocycles. The van der Waals surface area contributed by atoms with Crippen LogP contribution in [0.4, 0.5) is 10.1 Å². The van der Waals surface area contributed by atoms with Crippen molar-refractivity contribution in [3.05, 3.63) is 63.3 Å². The Morgan fingerprint density at radius 3 is 2.46 bits per heavy atom. The number of hydrogen-bond donors (Lipinski definition) is 2. The lowest BCUT2D eigenvalue weighted by Crippen LogP contribution is -2.32. The van der Waals surface area contributed by atoms with E-state index < -0.39 is 30.2 Å². The zero-order valence-electron chi connectivity index (χ0n) is 13.2. The number of ether oxygens (including phenoxy) is 1. The van der Waals surface area contributed by atoms with E-state index in [9.17, 15) is 18.8 Å². The molecule has 136 valence electrons. The predicted molar refractivity (Wildman–Crippen MR) is 97.5 cm³/mol. The van der Waals surface area contributed by atoms with Crippen molar-refractivity contribution < 1.29 is 23.5 Å². The first-order chi connectivity index (χ1) is 12.3. The smallest absolute Gasteiger partial charge is 0.325 e. The Balaban J connectivity index is 1.74. The van der Waals surface area contributed by atoms with Gasteiger partial charge in [0.1, 0.15) is 12.4 Å². The van der Waals surface area contributed by atoms with Gasteiger partial charge in [0.2, 0.25) is 0 Å². The molecule has 2 aromatic rings. The molecule has 0 radical (unpaired) electrons. The van der Waals surface area contributed by atoms with Gasteiger partial charge in [0.15, 0.2) is 6.61 Å². The quantitative estimate of drug-likeness (QED) is 0.672. The maximum Gasteiger partial charge on any atom is 0.325 e. The Kier molecular flexibility index (Phi) is 7.11. The zero-order valence-corrected chi connectivity index (χ0v) is 15.6. The fourth-order valence-electron chi connectivity index (χ4n) is 1.83. The predicted octanol–water partition coefficient (Wildman–Crippen LogP) is 3.15. The van der Waals surface area contributed by atoms with Crippen molar-refractivity contribution in [1.29, 1.82) is 0 Å². The lowest BCUT2D eigenvalue weighted by Gasteiger charge is -2.09. The molecule has 0 spiro atoms.